The number of carbonyl (C=O) groups excluding carboxylic acids is 3. The maximum atomic E-state index is 14.5. The molecule has 250 valence electrons. The number of imide groups is 1. The number of rotatable bonds is 9. The molecule has 2 aromatic heterocycles. The van der Waals surface area contributed by atoms with Crippen molar-refractivity contribution in [2.45, 2.75) is 5.60 Å². The van der Waals surface area contributed by atoms with Gasteiger partial charge in [0.1, 0.15) is 6.54 Å². The zero-order valence-corrected chi connectivity index (χ0v) is 27.4. The van der Waals surface area contributed by atoms with E-state index in [4.69, 9.17) is 9.72 Å². The van der Waals surface area contributed by atoms with Gasteiger partial charge in [-0.3, -0.25) is 24.5 Å². The summed E-state index contributed by atoms with van der Waals surface area (Å²) in [6.45, 7) is -0.521. The van der Waals surface area contributed by atoms with Crippen LogP contribution in [0.2, 0.25) is 0 Å². The summed E-state index contributed by atoms with van der Waals surface area (Å²) in [5.74, 6) is -4.57. The molecule has 51 heavy (non-hydrogen) atoms. The lowest BCUT2D eigenvalue weighted by molar-refractivity contribution is -0.150. The zero-order valence-electron chi connectivity index (χ0n) is 27.4. The molecule has 1 saturated carbocycles. The third-order valence-corrected chi connectivity index (χ3v) is 10.1. The van der Waals surface area contributed by atoms with Crippen molar-refractivity contribution in [2.24, 2.45) is 23.7 Å². The average Bonchev–Trinajstić information content (AvgIpc) is 3.79. The second-order valence-corrected chi connectivity index (χ2v) is 12.8. The molecule has 3 aliphatic rings. The summed E-state index contributed by atoms with van der Waals surface area (Å²) in [5, 5.41) is 13.0. The topological polar surface area (TPSA) is 110 Å². The fraction of sp³-hybridized carbons (Fsp3) is 0.140. The fourth-order valence-electron chi connectivity index (χ4n) is 7.99. The third-order valence-electron chi connectivity index (χ3n) is 10.1. The highest BCUT2D eigenvalue weighted by Gasteiger charge is 2.67. The van der Waals surface area contributed by atoms with E-state index in [1.54, 1.807) is 30.6 Å². The van der Waals surface area contributed by atoms with Crippen molar-refractivity contribution < 1.29 is 24.2 Å². The van der Waals surface area contributed by atoms with Gasteiger partial charge in [0.25, 0.3) is 0 Å². The number of ether oxygens (including phenoxy) is 1. The molecular weight excluding hydrogens is 638 g/mol. The van der Waals surface area contributed by atoms with Crippen molar-refractivity contribution in [3.8, 4) is 0 Å². The number of allylic oxidation sites excluding steroid dienone is 2. The molecule has 0 radical (unpaired) electrons. The molecule has 8 heteroatoms. The summed E-state index contributed by atoms with van der Waals surface area (Å²) >= 11 is 0. The molecule has 1 N–H and O–H groups in total. The van der Waals surface area contributed by atoms with Crippen molar-refractivity contribution in [3.05, 3.63) is 191 Å². The van der Waals surface area contributed by atoms with Gasteiger partial charge >= 0.3 is 5.97 Å². The summed E-state index contributed by atoms with van der Waals surface area (Å²) in [4.78, 5) is 52.2. The van der Waals surface area contributed by atoms with E-state index >= 15 is 0 Å². The van der Waals surface area contributed by atoms with Crippen molar-refractivity contribution in [1.82, 2.24) is 14.9 Å². The summed E-state index contributed by atoms with van der Waals surface area (Å²) in [6, 6.07) is 39.4. The number of hydrogen-bond acceptors (Lipinski definition) is 7. The van der Waals surface area contributed by atoms with E-state index < -0.39 is 53.6 Å². The van der Waals surface area contributed by atoms with E-state index in [1.807, 2.05) is 121 Å². The molecule has 2 amide bonds. The number of aromatic nitrogens is 2. The lowest BCUT2D eigenvalue weighted by atomic mass is 9.71. The Morgan fingerprint density at radius 1 is 0.765 bits per heavy atom. The highest BCUT2D eigenvalue weighted by molar-refractivity contribution is 6.09. The van der Waals surface area contributed by atoms with Gasteiger partial charge in [0.15, 0.2) is 5.60 Å². The highest BCUT2D eigenvalue weighted by atomic mass is 16.5. The van der Waals surface area contributed by atoms with Gasteiger partial charge in [0.2, 0.25) is 11.8 Å². The first-order chi connectivity index (χ1) is 25.0. The number of nitrogens with zero attached hydrogens (tertiary/aromatic N) is 3. The number of pyridine rings is 2. The van der Waals surface area contributed by atoms with Crippen LogP contribution in [-0.4, -0.2) is 44.3 Å². The minimum atomic E-state index is -1.73. The Kier molecular flexibility index (Phi) is 8.29. The Hall–Kier alpha value is -6.25. The lowest BCUT2D eigenvalue weighted by Crippen LogP contribution is -2.39. The molecule has 3 heterocycles. The van der Waals surface area contributed by atoms with E-state index in [0.717, 1.165) is 27.2 Å². The van der Waals surface area contributed by atoms with Gasteiger partial charge < -0.3 is 9.84 Å². The van der Waals surface area contributed by atoms with Gasteiger partial charge in [-0.05, 0) is 58.2 Å². The van der Waals surface area contributed by atoms with Crippen LogP contribution < -0.4 is 0 Å². The first-order valence-corrected chi connectivity index (χ1v) is 16.9. The highest BCUT2D eigenvalue weighted by Crippen LogP contribution is 2.64. The molecule has 5 atom stereocenters. The number of esters is 1. The van der Waals surface area contributed by atoms with Gasteiger partial charge in [-0.1, -0.05) is 109 Å². The monoisotopic (exact) mass is 671 g/mol. The van der Waals surface area contributed by atoms with Crippen LogP contribution in [-0.2, 0) is 24.7 Å². The minimum Gasteiger partial charge on any atom is -0.433 e. The molecule has 1 unspecified atom stereocenters. The van der Waals surface area contributed by atoms with Gasteiger partial charge in [0.05, 0.1) is 29.5 Å². The summed E-state index contributed by atoms with van der Waals surface area (Å²) in [7, 11) is 0. The molecule has 2 bridgehead atoms. The number of aliphatic hydroxyl groups is 1. The molecule has 1 aliphatic heterocycles. The lowest BCUT2D eigenvalue weighted by Gasteiger charge is -2.36. The van der Waals surface area contributed by atoms with Crippen molar-refractivity contribution in [1.29, 1.82) is 0 Å². The summed E-state index contributed by atoms with van der Waals surface area (Å²) in [5.41, 5.74) is 3.86. The van der Waals surface area contributed by atoms with Gasteiger partial charge in [-0.2, -0.15) is 0 Å². The minimum absolute atomic E-state index is 0.396. The Morgan fingerprint density at radius 3 is 2.06 bits per heavy atom. The van der Waals surface area contributed by atoms with Crippen LogP contribution in [0.3, 0.4) is 0 Å². The Balaban J connectivity index is 1.25. The predicted molar refractivity (Wildman–Crippen MR) is 191 cm³/mol. The van der Waals surface area contributed by atoms with Crippen LogP contribution in [0.5, 0.6) is 0 Å². The van der Waals surface area contributed by atoms with Crippen LogP contribution in [0.1, 0.15) is 28.1 Å². The number of likely N-dealkylation sites (tertiary alicyclic amines) is 1. The van der Waals surface area contributed by atoms with Crippen LogP contribution in [0.15, 0.2) is 163 Å². The number of benzene rings is 3. The molecule has 1 saturated heterocycles. The van der Waals surface area contributed by atoms with Gasteiger partial charge in [0, 0.05) is 29.8 Å². The molecule has 2 aliphatic carbocycles. The molecule has 5 aromatic rings. The molecular formula is C43H33N3O5. The largest absolute Gasteiger partial charge is 0.433 e. The SMILES string of the molecule is O=C(CN1C(=O)[C@@H]2[C@@H]3C(C(O)(c4ccccc4)c4ccccn4)=C[C@@H](C3=C(c3ccccc3)c3ccccn3)[C@@H]2C1=O)O/C=C/c1ccccc1. The quantitative estimate of drug-likeness (QED) is 0.0859. The van der Waals surface area contributed by atoms with Gasteiger partial charge in [-0.15, -0.1) is 0 Å². The van der Waals surface area contributed by atoms with Crippen LogP contribution in [0.25, 0.3) is 11.6 Å². The Labute approximate surface area is 295 Å². The van der Waals surface area contributed by atoms with Gasteiger partial charge in [-0.25, -0.2) is 4.79 Å². The zero-order chi connectivity index (χ0) is 35.0. The predicted octanol–water partition coefficient (Wildman–Crippen LogP) is 6.22. The van der Waals surface area contributed by atoms with E-state index in [9.17, 15) is 19.5 Å². The molecule has 8 rings (SSSR count). The Morgan fingerprint density at radius 2 is 1.39 bits per heavy atom. The van der Waals surface area contributed by atoms with Crippen molar-refractivity contribution in [2.75, 3.05) is 6.54 Å². The summed E-state index contributed by atoms with van der Waals surface area (Å²) < 4.78 is 5.32. The van der Waals surface area contributed by atoms with E-state index in [1.165, 1.54) is 6.26 Å². The maximum absolute atomic E-state index is 14.5. The fourth-order valence-corrected chi connectivity index (χ4v) is 7.99. The number of amides is 2. The molecule has 8 nitrogen and oxygen atoms in total. The normalized spacial score (nSPS) is 22.8. The van der Waals surface area contributed by atoms with Crippen molar-refractivity contribution in [3.63, 3.8) is 0 Å². The first kappa shape index (κ1) is 32.0. The maximum Gasteiger partial charge on any atom is 0.330 e. The average molecular weight is 672 g/mol. The van der Waals surface area contributed by atoms with Crippen LogP contribution >= 0.6 is 0 Å². The Bertz CT molecular complexity index is 2100. The smallest absolute Gasteiger partial charge is 0.330 e. The molecule has 0 spiro atoms. The number of fused-ring (bicyclic) bond motifs is 5. The third kappa shape index (κ3) is 5.50. The van der Waals surface area contributed by atoms with Crippen LogP contribution in [0, 0.1) is 23.7 Å². The van der Waals surface area contributed by atoms with Crippen molar-refractivity contribution >= 4 is 29.4 Å². The second kappa shape index (κ2) is 13.2. The summed E-state index contributed by atoms with van der Waals surface area (Å²) in [6.07, 6.45) is 8.20. The van der Waals surface area contributed by atoms with Crippen LogP contribution in [0.4, 0.5) is 0 Å². The standard InChI is InChI=1S/C43H33N3O5/c47-35(51-25-22-28-14-4-1-5-15-28)27-46-41(48)38-31-26-32(43(50,30-18-8-3-9-19-30)34-21-11-13-24-45-34)39(40(38)42(46)49)37(31)36(29-16-6-2-7-17-29)33-20-10-12-23-44-33/h1-26,31,38-40,50H,27H2/b25-22+,37-36?/t31-,38-,39+,40-,43?/m0/s1. The second-order valence-electron chi connectivity index (χ2n) is 12.8. The number of hydrogen-bond donors (Lipinski definition) is 1. The van der Waals surface area contributed by atoms with E-state index in [0.29, 0.717) is 22.5 Å². The number of carbonyl (C=O) groups is 3. The van der Waals surface area contributed by atoms with E-state index in [-0.39, 0.29) is 0 Å². The first-order valence-electron chi connectivity index (χ1n) is 16.9. The molecule has 3 aromatic carbocycles. The molecule has 2 fully saturated rings. The van der Waals surface area contributed by atoms with E-state index in [2.05, 4.69) is 4.98 Å².